The van der Waals surface area contributed by atoms with Crippen molar-refractivity contribution in [3.05, 3.63) is 95.7 Å². The molecule has 0 saturated carbocycles. The summed E-state index contributed by atoms with van der Waals surface area (Å²) < 4.78 is 18.0. The van der Waals surface area contributed by atoms with Crippen LogP contribution in [0.4, 0.5) is 0 Å². The minimum absolute atomic E-state index is 0.107. The van der Waals surface area contributed by atoms with Crippen LogP contribution in [0.1, 0.15) is 37.5 Å². The monoisotopic (exact) mass is 386 g/mol. The predicted octanol–water partition coefficient (Wildman–Crippen LogP) is 7.24. The average molecular weight is 386 g/mol. The molecule has 0 saturated heterocycles. The quantitative estimate of drug-likeness (QED) is 0.350. The van der Waals surface area contributed by atoms with Crippen LogP contribution in [0.3, 0.4) is 0 Å². The van der Waals surface area contributed by atoms with Crippen LogP contribution in [0.15, 0.2) is 83.5 Å². The van der Waals surface area contributed by atoms with Crippen molar-refractivity contribution in [3.8, 4) is 11.5 Å². The minimum Gasteiger partial charge on any atom is -0.460 e. The summed E-state index contributed by atoms with van der Waals surface area (Å²) >= 11 is 0. The smallest absolute Gasteiger partial charge is 0.176 e. The van der Waals surface area contributed by atoms with Gasteiger partial charge in [-0.1, -0.05) is 75.4 Å². The van der Waals surface area contributed by atoms with E-state index >= 15 is 0 Å². The van der Waals surface area contributed by atoms with Gasteiger partial charge in [0.05, 0.1) is 19.5 Å². The first-order chi connectivity index (χ1) is 14.0. The molecule has 0 N–H and O–H groups in total. The lowest BCUT2D eigenvalue weighted by molar-refractivity contribution is 0.106. The molecule has 3 nitrogen and oxygen atoms in total. The zero-order chi connectivity index (χ0) is 20.3. The van der Waals surface area contributed by atoms with Gasteiger partial charge >= 0.3 is 0 Å². The van der Waals surface area contributed by atoms with E-state index in [0.29, 0.717) is 19.0 Å². The van der Waals surface area contributed by atoms with Crippen molar-refractivity contribution in [3.63, 3.8) is 0 Å². The van der Waals surface area contributed by atoms with Crippen LogP contribution >= 0.6 is 0 Å². The highest BCUT2D eigenvalue weighted by Crippen LogP contribution is 2.35. The molecule has 0 radical (unpaired) electrons. The van der Waals surface area contributed by atoms with Crippen LogP contribution in [-0.4, -0.2) is 0 Å². The van der Waals surface area contributed by atoms with Gasteiger partial charge in [-0.15, -0.1) is 0 Å². The molecule has 148 valence electrons. The van der Waals surface area contributed by atoms with Crippen LogP contribution in [0, 0.1) is 0 Å². The third kappa shape index (κ3) is 4.52. The molecule has 0 aliphatic rings. The van der Waals surface area contributed by atoms with Gasteiger partial charge in [-0.2, -0.15) is 0 Å². The molecular formula is C26H26O3. The molecule has 1 aromatic heterocycles. The van der Waals surface area contributed by atoms with Crippen molar-refractivity contribution in [2.45, 2.75) is 39.4 Å². The van der Waals surface area contributed by atoms with Crippen molar-refractivity contribution in [2.75, 3.05) is 0 Å². The maximum Gasteiger partial charge on any atom is 0.176 e. The largest absolute Gasteiger partial charge is 0.460 e. The van der Waals surface area contributed by atoms with Crippen LogP contribution in [-0.2, 0) is 23.4 Å². The summed E-state index contributed by atoms with van der Waals surface area (Å²) in [7, 11) is 0. The number of rotatable bonds is 6. The molecule has 29 heavy (non-hydrogen) atoms. The average Bonchev–Trinajstić information content (AvgIpc) is 3.19. The fourth-order valence-corrected chi connectivity index (χ4v) is 3.27. The summed E-state index contributed by atoms with van der Waals surface area (Å²) in [6.07, 6.45) is 1.69. The lowest BCUT2D eigenvalue weighted by Gasteiger charge is -2.19. The van der Waals surface area contributed by atoms with E-state index in [0.717, 1.165) is 27.8 Å². The van der Waals surface area contributed by atoms with Gasteiger partial charge in [0.25, 0.3) is 0 Å². The molecule has 1 heterocycles. The lowest BCUT2D eigenvalue weighted by Crippen LogP contribution is -2.10. The highest BCUT2D eigenvalue weighted by atomic mass is 16.5. The highest BCUT2D eigenvalue weighted by molar-refractivity contribution is 5.84. The Balaban J connectivity index is 1.57. The fraction of sp³-hybridized carbons (Fsp3) is 0.231. The molecule has 0 spiro atoms. The van der Waals surface area contributed by atoms with E-state index in [1.807, 2.05) is 48.5 Å². The minimum atomic E-state index is 0.107. The van der Waals surface area contributed by atoms with Crippen LogP contribution in [0.25, 0.3) is 11.0 Å². The van der Waals surface area contributed by atoms with E-state index in [1.165, 1.54) is 5.56 Å². The first kappa shape index (κ1) is 19.3. The second-order valence-electron chi connectivity index (χ2n) is 8.25. The molecule has 4 rings (SSSR count). The summed E-state index contributed by atoms with van der Waals surface area (Å²) in [5, 5.41) is 1.01. The summed E-state index contributed by atoms with van der Waals surface area (Å²) in [4.78, 5) is 0. The molecule has 0 aliphatic heterocycles. The zero-order valence-corrected chi connectivity index (χ0v) is 17.1. The third-order valence-corrected chi connectivity index (χ3v) is 4.97. The Bertz CT molecular complexity index is 1070. The van der Waals surface area contributed by atoms with E-state index in [9.17, 15) is 0 Å². The van der Waals surface area contributed by atoms with Gasteiger partial charge in [0.2, 0.25) is 0 Å². The molecule has 0 amide bonds. The van der Waals surface area contributed by atoms with Crippen molar-refractivity contribution < 1.29 is 13.9 Å². The number of hydrogen-bond donors (Lipinski definition) is 0. The normalized spacial score (nSPS) is 11.7. The van der Waals surface area contributed by atoms with Gasteiger partial charge in [0, 0.05) is 10.9 Å². The second-order valence-corrected chi connectivity index (χ2v) is 8.25. The predicted molar refractivity (Wildman–Crippen MR) is 116 cm³/mol. The molecular weight excluding hydrogens is 360 g/mol. The van der Waals surface area contributed by atoms with Gasteiger partial charge in [-0.05, 0) is 34.7 Å². The fourth-order valence-electron chi connectivity index (χ4n) is 3.27. The van der Waals surface area contributed by atoms with Crippen molar-refractivity contribution in [2.24, 2.45) is 0 Å². The second kappa shape index (κ2) is 8.14. The topological polar surface area (TPSA) is 31.6 Å². The van der Waals surface area contributed by atoms with Crippen molar-refractivity contribution in [1.82, 2.24) is 0 Å². The number of fused-ring (bicyclic) bond motifs is 1. The van der Waals surface area contributed by atoms with E-state index < -0.39 is 0 Å². The summed E-state index contributed by atoms with van der Waals surface area (Å²) in [6.45, 7) is 7.61. The standard InChI is InChI=1S/C26H26O3/c1-26(2,3)22-11-13-23(14-12-22)29-25-21(10-9-20-15-16-28-24(20)25)18-27-17-19-7-5-4-6-8-19/h4-16H,17-18H2,1-3H3. The molecule has 0 unspecified atom stereocenters. The lowest BCUT2D eigenvalue weighted by atomic mass is 9.87. The highest BCUT2D eigenvalue weighted by Gasteiger charge is 2.16. The van der Waals surface area contributed by atoms with Gasteiger partial charge in [0.15, 0.2) is 11.3 Å². The van der Waals surface area contributed by atoms with Gasteiger partial charge in [-0.3, -0.25) is 0 Å². The Hall–Kier alpha value is -3.04. The van der Waals surface area contributed by atoms with Gasteiger partial charge in [-0.25, -0.2) is 0 Å². The summed E-state index contributed by atoms with van der Waals surface area (Å²) in [5.74, 6) is 1.50. The Morgan fingerprint density at radius 1 is 0.793 bits per heavy atom. The van der Waals surface area contributed by atoms with E-state index in [-0.39, 0.29) is 5.41 Å². The summed E-state index contributed by atoms with van der Waals surface area (Å²) in [5.41, 5.74) is 4.23. The van der Waals surface area contributed by atoms with Crippen LogP contribution in [0.2, 0.25) is 0 Å². The maximum atomic E-state index is 6.28. The molecule has 0 fully saturated rings. The molecule has 0 bridgehead atoms. The number of hydrogen-bond acceptors (Lipinski definition) is 3. The number of benzene rings is 3. The van der Waals surface area contributed by atoms with E-state index in [4.69, 9.17) is 13.9 Å². The Kier molecular flexibility index (Phi) is 5.41. The van der Waals surface area contributed by atoms with Crippen molar-refractivity contribution >= 4 is 11.0 Å². The maximum absolute atomic E-state index is 6.28. The molecule has 3 heteroatoms. The van der Waals surface area contributed by atoms with E-state index in [2.05, 4.69) is 45.0 Å². The van der Waals surface area contributed by atoms with Crippen molar-refractivity contribution in [1.29, 1.82) is 0 Å². The first-order valence-electron chi connectivity index (χ1n) is 9.90. The van der Waals surface area contributed by atoms with Gasteiger partial charge < -0.3 is 13.9 Å². The summed E-state index contributed by atoms with van der Waals surface area (Å²) in [6, 6.07) is 24.4. The SMILES string of the molecule is CC(C)(C)c1ccc(Oc2c(COCc3ccccc3)ccc3ccoc23)cc1. The molecule has 0 atom stereocenters. The number of furan rings is 1. The first-order valence-corrected chi connectivity index (χ1v) is 9.90. The van der Waals surface area contributed by atoms with Crippen LogP contribution in [0.5, 0.6) is 11.5 Å². The Morgan fingerprint density at radius 3 is 2.28 bits per heavy atom. The third-order valence-electron chi connectivity index (χ3n) is 4.97. The number of ether oxygens (including phenoxy) is 2. The molecule has 0 aliphatic carbocycles. The van der Waals surface area contributed by atoms with E-state index in [1.54, 1.807) is 6.26 Å². The Labute approximate surface area is 171 Å². The van der Waals surface area contributed by atoms with Crippen LogP contribution < -0.4 is 4.74 Å². The zero-order valence-electron chi connectivity index (χ0n) is 17.1. The molecule has 4 aromatic rings. The molecule has 3 aromatic carbocycles. The van der Waals surface area contributed by atoms with Gasteiger partial charge in [0.1, 0.15) is 5.75 Å². The Morgan fingerprint density at radius 2 is 1.55 bits per heavy atom.